The molecule has 0 radical (unpaired) electrons. The average Bonchev–Trinajstić information content (AvgIpc) is 2.41. The van der Waals surface area contributed by atoms with Crippen molar-refractivity contribution in [3.05, 3.63) is 28.8 Å². The van der Waals surface area contributed by atoms with Crippen LogP contribution in [0, 0.1) is 11.8 Å². The molecule has 106 valence electrons. The summed E-state index contributed by atoms with van der Waals surface area (Å²) in [5.74, 6) is 2.23. The van der Waals surface area contributed by atoms with Crippen LogP contribution in [0.5, 0.6) is 5.75 Å². The summed E-state index contributed by atoms with van der Waals surface area (Å²) >= 11 is 6.08. The molecule has 3 nitrogen and oxygen atoms in total. The predicted molar refractivity (Wildman–Crippen MR) is 79.6 cm³/mol. The molecule has 1 heterocycles. The normalized spacial score (nSPS) is 24.4. The van der Waals surface area contributed by atoms with Gasteiger partial charge in [-0.15, -0.1) is 0 Å². The van der Waals surface area contributed by atoms with Gasteiger partial charge in [-0.2, -0.15) is 0 Å². The number of hydrogen-bond acceptors (Lipinski definition) is 3. The standard InChI is InChI=1S/C15H23ClN2O/c1-11-5-6-18(10-13(11)8-17)9-12-7-14(16)3-4-15(12)19-2/h3-4,7,11,13H,5-6,8-10,17H2,1-2H3. The molecule has 1 fully saturated rings. The molecule has 19 heavy (non-hydrogen) atoms. The van der Waals surface area contributed by atoms with Crippen molar-refractivity contribution in [2.24, 2.45) is 17.6 Å². The molecule has 1 aromatic carbocycles. The van der Waals surface area contributed by atoms with Gasteiger partial charge in [0.2, 0.25) is 0 Å². The number of likely N-dealkylation sites (tertiary alicyclic amines) is 1. The van der Waals surface area contributed by atoms with Gasteiger partial charge in [-0.1, -0.05) is 18.5 Å². The van der Waals surface area contributed by atoms with Crippen molar-refractivity contribution < 1.29 is 4.74 Å². The lowest BCUT2D eigenvalue weighted by molar-refractivity contribution is 0.125. The quantitative estimate of drug-likeness (QED) is 0.923. The van der Waals surface area contributed by atoms with E-state index in [0.29, 0.717) is 5.92 Å². The molecule has 2 N–H and O–H groups in total. The van der Waals surface area contributed by atoms with Crippen LogP contribution in [0.2, 0.25) is 5.02 Å². The molecule has 2 unspecified atom stereocenters. The highest BCUT2D eigenvalue weighted by Crippen LogP contribution is 2.27. The molecule has 2 atom stereocenters. The molecule has 1 saturated heterocycles. The zero-order valence-electron chi connectivity index (χ0n) is 11.7. The second kappa shape index (κ2) is 6.60. The first kappa shape index (κ1) is 14.6. The van der Waals surface area contributed by atoms with Crippen LogP contribution >= 0.6 is 11.6 Å². The highest BCUT2D eigenvalue weighted by Gasteiger charge is 2.25. The van der Waals surface area contributed by atoms with Crippen molar-refractivity contribution in [3.8, 4) is 5.75 Å². The first-order chi connectivity index (χ1) is 9.13. The number of nitrogens with two attached hydrogens (primary N) is 1. The van der Waals surface area contributed by atoms with Crippen molar-refractivity contribution in [1.82, 2.24) is 4.90 Å². The fourth-order valence-corrected chi connectivity index (χ4v) is 2.98. The Kier molecular flexibility index (Phi) is 5.08. The number of methoxy groups -OCH3 is 1. The Hall–Kier alpha value is -0.770. The third kappa shape index (κ3) is 3.62. The molecular formula is C15H23ClN2O. The van der Waals surface area contributed by atoms with Crippen molar-refractivity contribution in [3.63, 3.8) is 0 Å². The second-order valence-corrected chi connectivity index (χ2v) is 5.89. The number of halogens is 1. The van der Waals surface area contributed by atoms with Gasteiger partial charge in [0.25, 0.3) is 0 Å². The average molecular weight is 283 g/mol. The summed E-state index contributed by atoms with van der Waals surface area (Å²) in [5, 5.41) is 0.761. The molecule has 0 bridgehead atoms. The molecule has 2 rings (SSSR count). The van der Waals surface area contributed by atoms with E-state index in [1.807, 2.05) is 18.2 Å². The predicted octanol–water partition coefficient (Wildman–Crippen LogP) is 2.77. The van der Waals surface area contributed by atoms with Crippen LogP contribution in [-0.2, 0) is 6.54 Å². The number of nitrogens with zero attached hydrogens (tertiary/aromatic N) is 1. The van der Waals surface area contributed by atoms with Crippen LogP contribution in [0.1, 0.15) is 18.9 Å². The molecule has 0 aromatic heterocycles. The highest BCUT2D eigenvalue weighted by molar-refractivity contribution is 6.30. The minimum Gasteiger partial charge on any atom is -0.496 e. The molecule has 1 aliphatic heterocycles. The van der Waals surface area contributed by atoms with E-state index in [4.69, 9.17) is 22.1 Å². The Morgan fingerprint density at radius 1 is 1.47 bits per heavy atom. The molecule has 0 aliphatic carbocycles. The number of piperidine rings is 1. The fraction of sp³-hybridized carbons (Fsp3) is 0.600. The smallest absolute Gasteiger partial charge is 0.123 e. The summed E-state index contributed by atoms with van der Waals surface area (Å²) in [7, 11) is 1.70. The lowest BCUT2D eigenvalue weighted by Gasteiger charge is -2.36. The largest absolute Gasteiger partial charge is 0.496 e. The SMILES string of the molecule is COc1ccc(Cl)cc1CN1CCC(C)C(CN)C1. The second-order valence-electron chi connectivity index (χ2n) is 5.45. The lowest BCUT2D eigenvalue weighted by Crippen LogP contribution is -2.42. The Morgan fingerprint density at radius 3 is 2.95 bits per heavy atom. The molecule has 0 amide bonds. The molecule has 4 heteroatoms. The number of ether oxygens (including phenoxy) is 1. The zero-order valence-corrected chi connectivity index (χ0v) is 12.5. The minimum absolute atomic E-state index is 0.596. The minimum atomic E-state index is 0.596. The topological polar surface area (TPSA) is 38.5 Å². The van der Waals surface area contributed by atoms with Gasteiger partial charge in [0.15, 0.2) is 0 Å². The Morgan fingerprint density at radius 2 is 2.26 bits per heavy atom. The fourth-order valence-electron chi connectivity index (χ4n) is 2.79. The Balaban J connectivity index is 2.06. The van der Waals surface area contributed by atoms with E-state index in [9.17, 15) is 0 Å². The third-order valence-electron chi connectivity index (χ3n) is 4.14. The van der Waals surface area contributed by atoms with Crippen LogP contribution < -0.4 is 10.5 Å². The number of benzene rings is 1. The van der Waals surface area contributed by atoms with Gasteiger partial charge in [-0.3, -0.25) is 4.90 Å². The van der Waals surface area contributed by atoms with Crippen LogP contribution in [0.25, 0.3) is 0 Å². The van der Waals surface area contributed by atoms with Crippen molar-refractivity contribution in [2.75, 3.05) is 26.7 Å². The maximum absolute atomic E-state index is 6.08. The van der Waals surface area contributed by atoms with E-state index in [-0.39, 0.29) is 0 Å². The third-order valence-corrected chi connectivity index (χ3v) is 4.37. The van der Waals surface area contributed by atoms with Crippen molar-refractivity contribution in [2.45, 2.75) is 19.9 Å². The van der Waals surface area contributed by atoms with Gasteiger partial charge in [-0.05, 0) is 49.5 Å². The van der Waals surface area contributed by atoms with E-state index in [0.717, 1.165) is 48.4 Å². The molecule has 1 aliphatic rings. The van der Waals surface area contributed by atoms with E-state index in [1.165, 1.54) is 6.42 Å². The summed E-state index contributed by atoms with van der Waals surface area (Å²) in [6.45, 7) is 6.13. The zero-order chi connectivity index (χ0) is 13.8. The van der Waals surface area contributed by atoms with Gasteiger partial charge in [0.05, 0.1) is 7.11 Å². The number of rotatable bonds is 4. The summed E-state index contributed by atoms with van der Waals surface area (Å²) in [5.41, 5.74) is 7.01. The van der Waals surface area contributed by atoms with Crippen LogP contribution in [0.3, 0.4) is 0 Å². The van der Waals surface area contributed by atoms with Gasteiger partial charge in [0.1, 0.15) is 5.75 Å². The lowest BCUT2D eigenvalue weighted by atomic mass is 9.87. The van der Waals surface area contributed by atoms with Crippen molar-refractivity contribution >= 4 is 11.6 Å². The van der Waals surface area contributed by atoms with Gasteiger partial charge >= 0.3 is 0 Å². The summed E-state index contributed by atoms with van der Waals surface area (Å²) < 4.78 is 5.41. The van der Waals surface area contributed by atoms with Crippen molar-refractivity contribution in [1.29, 1.82) is 0 Å². The Labute approximate surface area is 120 Å². The van der Waals surface area contributed by atoms with E-state index in [1.54, 1.807) is 7.11 Å². The molecular weight excluding hydrogens is 260 g/mol. The summed E-state index contributed by atoms with van der Waals surface area (Å²) in [6, 6.07) is 5.80. The van der Waals surface area contributed by atoms with Gasteiger partial charge < -0.3 is 10.5 Å². The monoisotopic (exact) mass is 282 g/mol. The van der Waals surface area contributed by atoms with Gasteiger partial charge in [-0.25, -0.2) is 0 Å². The maximum atomic E-state index is 6.08. The van der Waals surface area contributed by atoms with Crippen LogP contribution in [-0.4, -0.2) is 31.6 Å². The maximum Gasteiger partial charge on any atom is 0.123 e. The van der Waals surface area contributed by atoms with E-state index >= 15 is 0 Å². The van der Waals surface area contributed by atoms with Crippen LogP contribution in [0.4, 0.5) is 0 Å². The van der Waals surface area contributed by atoms with Crippen LogP contribution in [0.15, 0.2) is 18.2 Å². The van der Waals surface area contributed by atoms with E-state index in [2.05, 4.69) is 11.8 Å². The summed E-state index contributed by atoms with van der Waals surface area (Å²) in [4.78, 5) is 2.45. The first-order valence-corrected chi connectivity index (χ1v) is 7.26. The van der Waals surface area contributed by atoms with Gasteiger partial charge in [0, 0.05) is 23.7 Å². The van der Waals surface area contributed by atoms with E-state index < -0.39 is 0 Å². The summed E-state index contributed by atoms with van der Waals surface area (Å²) in [6.07, 6.45) is 1.21. The number of hydrogen-bond donors (Lipinski definition) is 1. The molecule has 0 saturated carbocycles. The highest BCUT2D eigenvalue weighted by atomic mass is 35.5. The Bertz CT molecular complexity index is 425. The first-order valence-electron chi connectivity index (χ1n) is 6.89. The molecule has 1 aromatic rings. The molecule has 0 spiro atoms.